The Morgan fingerprint density at radius 1 is 1.40 bits per heavy atom. The molecule has 0 radical (unpaired) electrons. The highest BCUT2D eigenvalue weighted by atomic mass is 32.2. The largest absolute Gasteiger partial charge is 0.383 e. The number of H-pyrrole nitrogens is 1. The lowest BCUT2D eigenvalue weighted by atomic mass is 10.1. The van der Waals surface area contributed by atoms with Gasteiger partial charge in [0.25, 0.3) is 0 Å². The Morgan fingerprint density at radius 3 is 2.90 bits per heavy atom. The lowest BCUT2D eigenvalue weighted by molar-refractivity contribution is 0.396. The van der Waals surface area contributed by atoms with Crippen LogP contribution in [0.4, 0.5) is 5.82 Å². The molecule has 2 aromatic rings. The van der Waals surface area contributed by atoms with Gasteiger partial charge in [0.15, 0.2) is 0 Å². The van der Waals surface area contributed by atoms with Gasteiger partial charge in [-0.1, -0.05) is 6.07 Å². The van der Waals surface area contributed by atoms with E-state index in [9.17, 15) is 8.42 Å². The summed E-state index contributed by atoms with van der Waals surface area (Å²) in [7, 11) is -3.64. The van der Waals surface area contributed by atoms with Crippen molar-refractivity contribution in [1.29, 1.82) is 0 Å². The number of aromatic nitrogens is 3. The predicted molar refractivity (Wildman–Crippen MR) is 73.1 cm³/mol. The van der Waals surface area contributed by atoms with Crippen LogP contribution in [-0.4, -0.2) is 34.4 Å². The molecule has 7 nitrogen and oxygen atoms in total. The highest BCUT2D eigenvalue weighted by Crippen LogP contribution is 2.36. The van der Waals surface area contributed by atoms with Crippen molar-refractivity contribution >= 4 is 15.8 Å². The number of hydrogen-bond donors (Lipinski definition) is 2. The molecule has 0 spiro atoms. The number of nitrogen functional groups attached to an aromatic ring is 1. The van der Waals surface area contributed by atoms with Gasteiger partial charge in [0.05, 0.1) is 12.2 Å². The SMILES string of the molecule is Nc1[nH]ncc1S(=O)(=O)N1CCCC1c1cccnc1. The molecule has 3 heterocycles. The molecule has 1 aliphatic heterocycles. The second kappa shape index (κ2) is 4.88. The lowest BCUT2D eigenvalue weighted by Gasteiger charge is -2.23. The molecule has 2 aromatic heterocycles. The van der Waals surface area contributed by atoms with Gasteiger partial charge < -0.3 is 5.73 Å². The van der Waals surface area contributed by atoms with E-state index >= 15 is 0 Å². The highest BCUT2D eigenvalue weighted by Gasteiger charge is 2.37. The van der Waals surface area contributed by atoms with E-state index in [1.807, 2.05) is 12.1 Å². The van der Waals surface area contributed by atoms with E-state index < -0.39 is 10.0 Å². The normalized spacial score (nSPS) is 20.3. The van der Waals surface area contributed by atoms with Gasteiger partial charge in [-0.2, -0.15) is 9.40 Å². The van der Waals surface area contributed by atoms with Crippen molar-refractivity contribution in [3.8, 4) is 0 Å². The van der Waals surface area contributed by atoms with E-state index in [1.165, 1.54) is 10.5 Å². The summed E-state index contributed by atoms with van der Waals surface area (Å²) in [5.41, 5.74) is 6.54. The molecule has 20 heavy (non-hydrogen) atoms. The second-order valence-corrected chi connectivity index (χ2v) is 6.57. The minimum atomic E-state index is -3.64. The Hall–Kier alpha value is -1.93. The molecule has 0 amide bonds. The first-order valence-electron chi connectivity index (χ1n) is 6.31. The summed E-state index contributed by atoms with van der Waals surface area (Å²) >= 11 is 0. The van der Waals surface area contributed by atoms with Crippen LogP contribution in [0.25, 0.3) is 0 Å². The number of sulfonamides is 1. The van der Waals surface area contributed by atoms with Crippen LogP contribution < -0.4 is 5.73 Å². The lowest BCUT2D eigenvalue weighted by Crippen LogP contribution is -2.31. The average Bonchev–Trinajstić information content (AvgIpc) is 3.08. The van der Waals surface area contributed by atoms with Crippen molar-refractivity contribution in [3.05, 3.63) is 36.3 Å². The fraction of sp³-hybridized carbons (Fsp3) is 0.333. The number of hydrogen-bond acceptors (Lipinski definition) is 5. The number of aromatic amines is 1. The number of nitrogens with zero attached hydrogens (tertiary/aromatic N) is 3. The summed E-state index contributed by atoms with van der Waals surface area (Å²) in [5.74, 6) is 0.0711. The maximum atomic E-state index is 12.7. The first-order chi connectivity index (χ1) is 9.60. The molecular weight excluding hydrogens is 278 g/mol. The zero-order chi connectivity index (χ0) is 14.2. The molecule has 1 fully saturated rings. The quantitative estimate of drug-likeness (QED) is 0.875. The van der Waals surface area contributed by atoms with E-state index in [2.05, 4.69) is 15.2 Å². The molecule has 0 aliphatic carbocycles. The molecule has 1 atom stereocenters. The smallest absolute Gasteiger partial charge is 0.248 e. The van der Waals surface area contributed by atoms with Crippen LogP contribution in [0.2, 0.25) is 0 Å². The third kappa shape index (κ3) is 2.06. The summed E-state index contributed by atoms with van der Waals surface area (Å²) in [6.07, 6.45) is 6.23. The van der Waals surface area contributed by atoms with Crippen molar-refractivity contribution < 1.29 is 8.42 Å². The molecule has 1 aliphatic rings. The van der Waals surface area contributed by atoms with Gasteiger partial charge in [-0.3, -0.25) is 10.1 Å². The Kier molecular flexibility index (Phi) is 3.19. The molecule has 106 valence electrons. The van der Waals surface area contributed by atoms with Crippen LogP contribution >= 0.6 is 0 Å². The molecule has 0 aromatic carbocycles. The Labute approximate surface area is 116 Å². The van der Waals surface area contributed by atoms with Crippen molar-refractivity contribution in [2.75, 3.05) is 12.3 Å². The zero-order valence-electron chi connectivity index (χ0n) is 10.7. The van der Waals surface area contributed by atoms with Gasteiger partial charge in [0.1, 0.15) is 10.7 Å². The monoisotopic (exact) mass is 293 g/mol. The van der Waals surface area contributed by atoms with E-state index in [-0.39, 0.29) is 16.8 Å². The Bertz CT molecular complexity index is 698. The number of nitrogens with two attached hydrogens (primary N) is 1. The Morgan fingerprint density at radius 2 is 2.25 bits per heavy atom. The number of rotatable bonds is 3. The topological polar surface area (TPSA) is 105 Å². The van der Waals surface area contributed by atoms with Gasteiger partial charge in [-0.15, -0.1) is 0 Å². The van der Waals surface area contributed by atoms with Gasteiger partial charge in [0.2, 0.25) is 10.0 Å². The fourth-order valence-corrected chi connectivity index (χ4v) is 4.24. The number of anilines is 1. The van der Waals surface area contributed by atoms with Crippen molar-refractivity contribution in [1.82, 2.24) is 19.5 Å². The first kappa shape index (κ1) is 13.1. The van der Waals surface area contributed by atoms with Crippen LogP contribution in [0, 0.1) is 0 Å². The average molecular weight is 293 g/mol. The molecular formula is C12H15N5O2S. The molecule has 1 saturated heterocycles. The maximum absolute atomic E-state index is 12.7. The summed E-state index contributed by atoms with van der Waals surface area (Å²) in [6, 6.07) is 3.51. The number of nitrogens with one attached hydrogen (secondary N) is 1. The van der Waals surface area contributed by atoms with Gasteiger partial charge >= 0.3 is 0 Å². The van der Waals surface area contributed by atoms with Crippen molar-refractivity contribution in [2.24, 2.45) is 0 Å². The summed E-state index contributed by atoms with van der Waals surface area (Å²) < 4.78 is 26.8. The van der Waals surface area contributed by atoms with E-state index in [0.717, 1.165) is 18.4 Å². The summed E-state index contributed by atoms with van der Waals surface area (Å²) in [6.45, 7) is 0.479. The van der Waals surface area contributed by atoms with Crippen LogP contribution in [0.15, 0.2) is 35.6 Å². The molecule has 1 unspecified atom stereocenters. The molecule has 3 N–H and O–H groups in total. The van der Waals surface area contributed by atoms with Crippen LogP contribution in [0.3, 0.4) is 0 Å². The minimum absolute atomic E-state index is 0.0355. The standard InChI is InChI=1S/C12H15N5O2S/c13-12-11(8-15-16-12)20(18,19)17-6-2-4-10(17)9-3-1-5-14-7-9/h1,3,5,7-8,10H,2,4,6H2,(H3,13,15,16). The van der Waals surface area contributed by atoms with Crippen LogP contribution in [-0.2, 0) is 10.0 Å². The Balaban J connectivity index is 1.99. The van der Waals surface area contributed by atoms with Gasteiger partial charge in [0, 0.05) is 18.9 Å². The number of pyridine rings is 1. The summed E-state index contributed by atoms with van der Waals surface area (Å²) in [4.78, 5) is 4.10. The summed E-state index contributed by atoms with van der Waals surface area (Å²) in [5, 5.41) is 6.15. The van der Waals surface area contributed by atoms with Gasteiger partial charge in [-0.05, 0) is 24.5 Å². The molecule has 8 heteroatoms. The second-order valence-electron chi connectivity index (χ2n) is 4.71. The molecule has 0 bridgehead atoms. The predicted octanol–water partition coefficient (Wildman–Crippen LogP) is 0.913. The van der Waals surface area contributed by atoms with Crippen LogP contribution in [0.1, 0.15) is 24.4 Å². The zero-order valence-corrected chi connectivity index (χ0v) is 11.5. The molecule has 3 rings (SSSR count). The fourth-order valence-electron chi connectivity index (χ4n) is 2.55. The van der Waals surface area contributed by atoms with Crippen molar-refractivity contribution in [2.45, 2.75) is 23.8 Å². The minimum Gasteiger partial charge on any atom is -0.383 e. The third-order valence-corrected chi connectivity index (χ3v) is 5.43. The van der Waals surface area contributed by atoms with E-state index in [4.69, 9.17) is 5.73 Å². The maximum Gasteiger partial charge on any atom is 0.248 e. The van der Waals surface area contributed by atoms with Crippen molar-refractivity contribution in [3.63, 3.8) is 0 Å². The van der Waals surface area contributed by atoms with Crippen LogP contribution in [0.5, 0.6) is 0 Å². The molecule has 0 saturated carbocycles. The van der Waals surface area contributed by atoms with E-state index in [0.29, 0.717) is 6.54 Å². The van der Waals surface area contributed by atoms with E-state index in [1.54, 1.807) is 12.4 Å². The third-order valence-electron chi connectivity index (χ3n) is 3.49. The van der Waals surface area contributed by atoms with Gasteiger partial charge in [-0.25, -0.2) is 8.42 Å². The highest BCUT2D eigenvalue weighted by molar-refractivity contribution is 7.89. The first-order valence-corrected chi connectivity index (χ1v) is 7.75.